The van der Waals surface area contributed by atoms with Gasteiger partial charge in [0, 0.05) is 0 Å². The van der Waals surface area contributed by atoms with E-state index < -0.39 is 4.92 Å². The standard InChI is InChI=1S/C3HN3O2/c7-6(8)3-1-4-2-5-3/h(H,4,5). The molecule has 5 heteroatoms. The maximum atomic E-state index is 9.73. The molecule has 0 saturated carbocycles. The Morgan fingerprint density at radius 2 is 2.62 bits per heavy atom. The minimum Gasteiger partial charge on any atom is -0.358 e. The first kappa shape index (κ1) is 4.76. The van der Waals surface area contributed by atoms with Crippen LogP contribution in [-0.4, -0.2) is 14.9 Å². The molecule has 0 bridgehead atoms. The average molecular weight is 111 g/mol. The predicted octanol–water partition coefficient (Wildman–Crippen LogP) is -0.0817. The molecule has 5 nitrogen and oxygen atoms in total. The number of nitrogens with zero attached hydrogens (tertiary/aromatic N) is 2. The van der Waals surface area contributed by atoms with Crippen LogP contribution in [0.3, 0.4) is 0 Å². The number of hydrogen-bond donors (Lipinski definition) is 1. The second-order valence-corrected chi connectivity index (χ2v) is 1.05. The largest absolute Gasteiger partial charge is 0.392 e. The molecule has 1 heterocycles. The first-order chi connectivity index (χ1) is 3.80. The Morgan fingerprint density at radius 1 is 1.88 bits per heavy atom. The van der Waals surface area contributed by atoms with E-state index >= 15 is 0 Å². The lowest BCUT2D eigenvalue weighted by atomic mass is 10.8. The van der Waals surface area contributed by atoms with E-state index in [2.05, 4.69) is 22.5 Å². The average Bonchev–Trinajstić information content (AvgIpc) is 2.12. The third kappa shape index (κ3) is 0.651. The lowest BCUT2D eigenvalue weighted by molar-refractivity contribution is -0.389. The summed E-state index contributed by atoms with van der Waals surface area (Å²) in [5, 5.41) is 9.73. The molecular formula is C3HN3O2. The third-order valence-electron chi connectivity index (χ3n) is 0.565. The molecule has 0 saturated heterocycles. The number of aromatic amines is 1. The fraction of sp³-hybridized carbons (Fsp3) is 0. The molecule has 8 heavy (non-hydrogen) atoms. The summed E-state index contributed by atoms with van der Waals surface area (Å²) in [6, 6.07) is 0. The number of hydrogen-bond acceptors (Lipinski definition) is 3. The Labute approximate surface area is 44.5 Å². The van der Waals surface area contributed by atoms with Crippen molar-refractivity contribution in [2.75, 3.05) is 0 Å². The van der Waals surface area contributed by atoms with Crippen LogP contribution in [0.1, 0.15) is 0 Å². The van der Waals surface area contributed by atoms with Crippen molar-refractivity contribution < 1.29 is 4.92 Å². The van der Waals surface area contributed by atoms with E-state index in [0.29, 0.717) is 0 Å². The minimum absolute atomic E-state index is 0.329. The molecule has 1 rings (SSSR count). The highest BCUT2D eigenvalue weighted by Crippen LogP contribution is 1.98. The summed E-state index contributed by atoms with van der Waals surface area (Å²) in [5.41, 5.74) is 0. The van der Waals surface area contributed by atoms with Crippen molar-refractivity contribution in [3.05, 3.63) is 22.6 Å². The molecule has 2 radical (unpaired) electrons. The summed E-state index contributed by atoms with van der Waals surface area (Å²) >= 11 is 0. The van der Waals surface area contributed by atoms with Gasteiger partial charge >= 0.3 is 12.1 Å². The lowest BCUT2D eigenvalue weighted by Gasteiger charge is -1.80. The molecule has 0 aliphatic heterocycles. The number of aromatic nitrogens is 2. The van der Waals surface area contributed by atoms with Crippen molar-refractivity contribution in [3.63, 3.8) is 0 Å². The van der Waals surface area contributed by atoms with Crippen LogP contribution in [-0.2, 0) is 0 Å². The van der Waals surface area contributed by atoms with Gasteiger partial charge in [-0.15, -0.1) is 0 Å². The van der Waals surface area contributed by atoms with Gasteiger partial charge in [0.25, 0.3) is 0 Å². The van der Waals surface area contributed by atoms with Gasteiger partial charge in [-0.3, -0.25) is 0 Å². The molecule has 1 aromatic rings. The normalized spacial score (nSPS) is 9.00. The Hall–Kier alpha value is -1.39. The quantitative estimate of drug-likeness (QED) is 0.407. The number of nitrogens with one attached hydrogen (secondary N) is 1. The van der Waals surface area contributed by atoms with Crippen LogP contribution < -0.4 is 0 Å². The van der Waals surface area contributed by atoms with E-state index in [1.807, 2.05) is 0 Å². The number of H-pyrrole nitrogens is 1. The zero-order valence-electron chi connectivity index (χ0n) is 3.71. The molecule has 0 aliphatic carbocycles. The number of imidazole rings is 1. The van der Waals surface area contributed by atoms with E-state index in [4.69, 9.17) is 0 Å². The molecule has 0 fully saturated rings. The summed E-state index contributed by atoms with van der Waals surface area (Å²) in [6.45, 7) is 0. The van der Waals surface area contributed by atoms with Gasteiger partial charge in [-0.2, -0.15) is 0 Å². The monoisotopic (exact) mass is 111 g/mol. The molecule has 0 unspecified atom stereocenters. The summed E-state index contributed by atoms with van der Waals surface area (Å²) in [4.78, 5) is 14.5. The van der Waals surface area contributed by atoms with Crippen LogP contribution in [0.25, 0.3) is 0 Å². The van der Waals surface area contributed by atoms with Crippen molar-refractivity contribution >= 4 is 5.82 Å². The molecule has 1 aromatic heterocycles. The highest BCUT2D eigenvalue weighted by molar-refractivity contribution is 5.07. The molecule has 0 aromatic carbocycles. The van der Waals surface area contributed by atoms with Gasteiger partial charge in [0.1, 0.15) is 0 Å². The van der Waals surface area contributed by atoms with Crippen molar-refractivity contribution in [1.29, 1.82) is 0 Å². The van der Waals surface area contributed by atoms with Crippen molar-refractivity contribution in [2.45, 2.75) is 0 Å². The smallest absolute Gasteiger partial charge is 0.358 e. The molecule has 1 N–H and O–H groups in total. The summed E-state index contributed by atoms with van der Waals surface area (Å²) < 4.78 is 0. The Morgan fingerprint density at radius 3 is 2.88 bits per heavy atom. The van der Waals surface area contributed by atoms with Gasteiger partial charge in [0.05, 0.1) is 0 Å². The van der Waals surface area contributed by atoms with Crippen LogP contribution in [0.15, 0.2) is 0 Å². The first-order valence-electron chi connectivity index (χ1n) is 1.79. The van der Waals surface area contributed by atoms with Crippen LogP contribution in [0, 0.1) is 22.6 Å². The minimum atomic E-state index is -0.646. The molecule has 0 aliphatic rings. The van der Waals surface area contributed by atoms with Gasteiger partial charge in [0.2, 0.25) is 0 Å². The van der Waals surface area contributed by atoms with Crippen LogP contribution in [0.4, 0.5) is 5.82 Å². The summed E-state index contributed by atoms with van der Waals surface area (Å²) in [5.74, 6) is -0.329. The van der Waals surface area contributed by atoms with E-state index in [1.165, 1.54) is 0 Å². The second kappa shape index (κ2) is 1.61. The second-order valence-electron chi connectivity index (χ2n) is 1.05. The first-order valence-corrected chi connectivity index (χ1v) is 1.79. The van der Waals surface area contributed by atoms with Crippen molar-refractivity contribution in [1.82, 2.24) is 9.97 Å². The molecule has 0 atom stereocenters. The predicted molar refractivity (Wildman–Crippen MR) is 22.9 cm³/mol. The zero-order valence-corrected chi connectivity index (χ0v) is 3.71. The Bertz CT molecular complexity index is 180. The number of nitro groups is 1. The van der Waals surface area contributed by atoms with Gasteiger partial charge in [-0.25, -0.2) is 0 Å². The van der Waals surface area contributed by atoms with Crippen LogP contribution in [0.5, 0.6) is 0 Å². The SMILES string of the molecule is O=[N+]([O-])c1[c][nH][c]n1. The van der Waals surface area contributed by atoms with E-state index in [-0.39, 0.29) is 5.82 Å². The highest BCUT2D eigenvalue weighted by Gasteiger charge is 2.05. The van der Waals surface area contributed by atoms with E-state index in [1.54, 1.807) is 0 Å². The van der Waals surface area contributed by atoms with Crippen LogP contribution >= 0.6 is 0 Å². The molecule has 40 valence electrons. The topological polar surface area (TPSA) is 71.8 Å². The van der Waals surface area contributed by atoms with E-state index in [9.17, 15) is 10.1 Å². The highest BCUT2D eigenvalue weighted by atomic mass is 16.6. The van der Waals surface area contributed by atoms with Gasteiger partial charge in [-0.05, 0) is 9.91 Å². The Kier molecular flexibility index (Phi) is 0.957. The lowest BCUT2D eigenvalue weighted by Crippen LogP contribution is -1.85. The Balaban J connectivity index is 2.93. The maximum Gasteiger partial charge on any atom is 0.392 e. The molecular weight excluding hydrogens is 110 g/mol. The van der Waals surface area contributed by atoms with Crippen LogP contribution in [0.2, 0.25) is 0 Å². The van der Waals surface area contributed by atoms with Gasteiger partial charge in [-0.1, -0.05) is 0 Å². The van der Waals surface area contributed by atoms with Crippen molar-refractivity contribution in [2.24, 2.45) is 0 Å². The van der Waals surface area contributed by atoms with Gasteiger partial charge in [0.15, 0.2) is 6.20 Å². The van der Waals surface area contributed by atoms with E-state index in [0.717, 1.165) is 0 Å². The fourth-order valence-electron chi connectivity index (χ4n) is 0.279. The fourth-order valence-corrected chi connectivity index (χ4v) is 0.279. The zero-order chi connectivity index (χ0) is 5.98. The summed E-state index contributed by atoms with van der Waals surface area (Å²) in [6.07, 6.45) is 4.28. The number of rotatable bonds is 1. The molecule has 0 amide bonds. The maximum absolute atomic E-state index is 9.73. The van der Waals surface area contributed by atoms with Gasteiger partial charge < -0.3 is 15.1 Å². The summed E-state index contributed by atoms with van der Waals surface area (Å²) in [7, 11) is 0. The molecule has 0 spiro atoms. The third-order valence-corrected chi connectivity index (χ3v) is 0.565. The van der Waals surface area contributed by atoms with Crippen molar-refractivity contribution in [3.8, 4) is 0 Å².